The molecule has 3 N–H and O–H groups in total. The van der Waals surface area contributed by atoms with E-state index in [0.29, 0.717) is 18.9 Å². The van der Waals surface area contributed by atoms with Gasteiger partial charge in [0.25, 0.3) is 10.1 Å². The molecule has 84 valence electrons. The van der Waals surface area contributed by atoms with Crippen molar-refractivity contribution in [2.24, 2.45) is 5.73 Å². The van der Waals surface area contributed by atoms with Crippen LogP contribution in [-0.4, -0.2) is 26.1 Å². The van der Waals surface area contributed by atoms with Crippen molar-refractivity contribution in [3.8, 4) is 5.75 Å². The molecule has 5 nitrogen and oxygen atoms in total. The Balaban J connectivity index is 2.65. The smallest absolute Gasteiger partial charge is 0.294 e. The fraction of sp³-hybridized carbons (Fsp3) is 0.333. The molecule has 0 amide bonds. The zero-order valence-electron chi connectivity index (χ0n) is 8.09. The molecule has 0 heterocycles. The molecule has 0 fully saturated rings. The first-order valence-corrected chi connectivity index (χ1v) is 5.88. The molecule has 0 aliphatic rings. The Morgan fingerprint density at radius 1 is 1.27 bits per heavy atom. The summed E-state index contributed by atoms with van der Waals surface area (Å²) in [5.41, 5.74) is 5.28. The van der Waals surface area contributed by atoms with Crippen LogP contribution in [0.15, 0.2) is 29.2 Å². The van der Waals surface area contributed by atoms with Gasteiger partial charge in [-0.3, -0.25) is 4.55 Å². The molecule has 0 saturated carbocycles. The van der Waals surface area contributed by atoms with E-state index >= 15 is 0 Å². The summed E-state index contributed by atoms with van der Waals surface area (Å²) in [6, 6.07) is 5.54. The lowest BCUT2D eigenvalue weighted by atomic mass is 10.3. The van der Waals surface area contributed by atoms with Crippen molar-refractivity contribution >= 4 is 10.1 Å². The summed E-state index contributed by atoms with van der Waals surface area (Å²) in [5, 5.41) is 0. The molecule has 0 unspecified atom stereocenters. The van der Waals surface area contributed by atoms with Crippen LogP contribution < -0.4 is 10.5 Å². The van der Waals surface area contributed by atoms with Crippen molar-refractivity contribution in [3.05, 3.63) is 24.3 Å². The number of benzene rings is 1. The Morgan fingerprint density at radius 3 is 2.33 bits per heavy atom. The van der Waals surface area contributed by atoms with Gasteiger partial charge in [-0.2, -0.15) is 8.42 Å². The molecule has 0 atom stereocenters. The van der Waals surface area contributed by atoms with Crippen LogP contribution in [0, 0.1) is 0 Å². The van der Waals surface area contributed by atoms with E-state index in [1.54, 1.807) is 0 Å². The molecule has 1 aromatic carbocycles. The highest BCUT2D eigenvalue weighted by atomic mass is 32.2. The summed E-state index contributed by atoms with van der Waals surface area (Å²) < 4.78 is 35.4. The van der Waals surface area contributed by atoms with Crippen molar-refractivity contribution in [2.45, 2.75) is 11.3 Å². The number of ether oxygens (including phenoxy) is 1. The lowest BCUT2D eigenvalue weighted by Gasteiger charge is -2.05. The van der Waals surface area contributed by atoms with Crippen molar-refractivity contribution in [2.75, 3.05) is 13.2 Å². The largest absolute Gasteiger partial charge is 0.494 e. The van der Waals surface area contributed by atoms with Crippen molar-refractivity contribution in [1.29, 1.82) is 0 Å². The van der Waals surface area contributed by atoms with Crippen molar-refractivity contribution in [3.63, 3.8) is 0 Å². The van der Waals surface area contributed by atoms with Gasteiger partial charge in [0, 0.05) is 0 Å². The van der Waals surface area contributed by atoms with Gasteiger partial charge in [0.1, 0.15) is 5.75 Å². The highest BCUT2D eigenvalue weighted by Crippen LogP contribution is 2.15. The van der Waals surface area contributed by atoms with Crippen LogP contribution in [0.5, 0.6) is 5.75 Å². The van der Waals surface area contributed by atoms with E-state index in [-0.39, 0.29) is 4.90 Å². The topological polar surface area (TPSA) is 89.6 Å². The van der Waals surface area contributed by atoms with Crippen LogP contribution >= 0.6 is 0 Å². The molecule has 0 aliphatic heterocycles. The van der Waals surface area contributed by atoms with E-state index in [2.05, 4.69) is 0 Å². The van der Waals surface area contributed by atoms with Crippen LogP contribution in [-0.2, 0) is 10.1 Å². The highest BCUT2D eigenvalue weighted by molar-refractivity contribution is 7.85. The third-order valence-electron chi connectivity index (χ3n) is 1.74. The Labute approximate surface area is 88.6 Å². The third kappa shape index (κ3) is 3.86. The predicted molar refractivity (Wildman–Crippen MR) is 55.4 cm³/mol. The molecule has 0 aromatic heterocycles. The molecule has 0 radical (unpaired) electrons. The minimum absolute atomic E-state index is 0.145. The number of hydrogen-bond acceptors (Lipinski definition) is 4. The summed E-state index contributed by atoms with van der Waals surface area (Å²) in [4.78, 5) is -0.145. The van der Waals surface area contributed by atoms with Crippen LogP contribution in [0.1, 0.15) is 6.42 Å². The second-order valence-corrected chi connectivity index (χ2v) is 4.36. The maximum atomic E-state index is 10.7. The van der Waals surface area contributed by atoms with E-state index in [0.717, 1.165) is 6.42 Å². The average molecular weight is 231 g/mol. The highest BCUT2D eigenvalue weighted by Gasteiger charge is 2.08. The van der Waals surface area contributed by atoms with Gasteiger partial charge in [-0.25, -0.2) is 0 Å². The van der Waals surface area contributed by atoms with E-state index in [9.17, 15) is 8.42 Å². The molecule has 0 saturated heterocycles. The molecular formula is C9H13NO4S. The van der Waals surface area contributed by atoms with Gasteiger partial charge < -0.3 is 10.5 Å². The first-order chi connectivity index (χ1) is 7.04. The maximum Gasteiger partial charge on any atom is 0.294 e. The summed E-state index contributed by atoms with van der Waals surface area (Å²) in [7, 11) is -4.12. The van der Waals surface area contributed by atoms with Gasteiger partial charge in [0.2, 0.25) is 0 Å². The summed E-state index contributed by atoms with van der Waals surface area (Å²) in [6.07, 6.45) is 0.736. The Bertz CT molecular complexity index is 399. The molecular weight excluding hydrogens is 218 g/mol. The Kier molecular flexibility index (Phi) is 4.07. The van der Waals surface area contributed by atoms with Gasteiger partial charge in [-0.05, 0) is 37.2 Å². The summed E-state index contributed by atoms with van der Waals surface area (Å²) in [6.45, 7) is 1.03. The monoisotopic (exact) mass is 231 g/mol. The summed E-state index contributed by atoms with van der Waals surface area (Å²) >= 11 is 0. The average Bonchev–Trinajstić information content (AvgIpc) is 2.18. The van der Waals surface area contributed by atoms with Crippen LogP contribution in [0.4, 0.5) is 0 Å². The molecule has 15 heavy (non-hydrogen) atoms. The zero-order valence-corrected chi connectivity index (χ0v) is 8.90. The van der Waals surface area contributed by atoms with Gasteiger partial charge in [0.05, 0.1) is 11.5 Å². The fourth-order valence-electron chi connectivity index (χ4n) is 0.981. The van der Waals surface area contributed by atoms with E-state index < -0.39 is 10.1 Å². The molecule has 1 rings (SSSR count). The summed E-state index contributed by atoms with van der Waals surface area (Å²) in [5.74, 6) is 0.552. The van der Waals surface area contributed by atoms with Crippen molar-refractivity contribution < 1.29 is 17.7 Å². The first-order valence-electron chi connectivity index (χ1n) is 4.44. The standard InChI is InChI=1S/C9H13NO4S/c10-6-1-7-14-8-2-4-9(5-3-8)15(11,12)13/h2-5H,1,6-7,10H2,(H,11,12,13). The van der Waals surface area contributed by atoms with Gasteiger partial charge in [-0.15, -0.1) is 0 Å². The van der Waals surface area contributed by atoms with Crippen LogP contribution in [0.3, 0.4) is 0 Å². The van der Waals surface area contributed by atoms with E-state index in [1.807, 2.05) is 0 Å². The van der Waals surface area contributed by atoms with Gasteiger partial charge in [-0.1, -0.05) is 0 Å². The van der Waals surface area contributed by atoms with Crippen LogP contribution in [0.25, 0.3) is 0 Å². The molecule has 1 aromatic rings. The van der Waals surface area contributed by atoms with E-state index in [4.69, 9.17) is 15.0 Å². The minimum Gasteiger partial charge on any atom is -0.494 e. The number of hydrogen-bond donors (Lipinski definition) is 2. The fourth-order valence-corrected chi connectivity index (χ4v) is 1.46. The minimum atomic E-state index is -4.12. The molecule has 6 heteroatoms. The quantitative estimate of drug-likeness (QED) is 0.574. The molecule has 0 spiro atoms. The van der Waals surface area contributed by atoms with Gasteiger partial charge in [0.15, 0.2) is 0 Å². The van der Waals surface area contributed by atoms with Crippen molar-refractivity contribution in [1.82, 2.24) is 0 Å². The second kappa shape index (κ2) is 5.11. The second-order valence-electron chi connectivity index (χ2n) is 2.94. The third-order valence-corrected chi connectivity index (χ3v) is 2.61. The maximum absolute atomic E-state index is 10.7. The van der Waals surface area contributed by atoms with Crippen LogP contribution in [0.2, 0.25) is 0 Å². The normalized spacial score (nSPS) is 11.3. The first kappa shape index (κ1) is 12.0. The number of nitrogens with two attached hydrogens (primary N) is 1. The Hall–Kier alpha value is -1.11. The molecule has 0 aliphatic carbocycles. The lowest BCUT2D eigenvalue weighted by molar-refractivity contribution is 0.313. The lowest BCUT2D eigenvalue weighted by Crippen LogP contribution is -2.06. The SMILES string of the molecule is NCCCOc1ccc(S(=O)(=O)O)cc1. The van der Waals surface area contributed by atoms with Gasteiger partial charge >= 0.3 is 0 Å². The Morgan fingerprint density at radius 2 is 1.87 bits per heavy atom. The van der Waals surface area contributed by atoms with E-state index in [1.165, 1.54) is 24.3 Å². The molecule has 0 bridgehead atoms. The zero-order chi connectivity index (χ0) is 11.3. The number of rotatable bonds is 5. The predicted octanol–water partition coefficient (Wildman–Crippen LogP) is 0.661.